The van der Waals surface area contributed by atoms with Gasteiger partial charge in [0.1, 0.15) is 34.6 Å². The summed E-state index contributed by atoms with van der Waals surface area (Å²) in [6.45, 7) is 3.15. The third-order valence-electron chi connectivity index (χ3n) is 4.59. The third-order valence-corrected chi connectivity index (χ3v) is 4.93. The van der Waals surface area contributed by atoms with Crippen LogP contribution in [0.5, 0.6) is 5.75 Å². The van der Waals surface area contributed by atoms with Gasteiger partial charge in [-0.1, -0.05) is 11.6 Å². The Labute approximate surface area is 169 Å². The van der Waals surface area contributed by atoms with E-state index in [9.17, 15) is 8.78 Å². The molecule has 1 aromatic carbocycles. The molecule has 0 amide bonds. The molecule has 2 aromatic heterocycles. The van der Waals surface area contributed by atoms with E-state index in [0.717, 1.165) is 6.07 Å². The topological polar surface area (TPSA) is 92.4 Å². The second-order valence-electron chi connectivity index (χ2n) is 6.36. The molecule has 1 aliphatic heterocycles. The van der Waals surface area contributed by atoms with Gasteiger partial charge in [0.25, 0.3) is 0 Å². The minimum absolute atomic E-state index is 0.0116. The van der Waals surface area contributed by atoms with Crippen LogP contribution in [0.2, 0.25) is 5.02 Å². The van der Waals surface area contributed by atoms with Crippen molar-refractivity contribution in [1.82, 2.24) is 15.0 Å². The highest BCUT2D eigenvalue weighted by Crippen LogP contribution is 2.37. The van der Waals surface area contributed by atoms with Crippen LogP contribution in [0.25, 0.3) is 22.2 Å². The Hall–Kier alpha value is -2.62. The Balaban J connectivity index is 1.82. The smallest absolute Gasteiger partial charge is 0.154 e. The van der Waals surface area contributed by atoms with E-state index < -0.39 is 16.7 Å². The number of anilines is 1. The first-order chi connectivity index (χ1) is 14.0. The Bertz CT molecular complexity index is 1070. The molecule has 3 heterocycles. The highest BCUT2D eigenvalue weighted by atomic mass is 35.5. The van der Waals surface area contributed by atoms with E-state index in [2.05, 4.69) is 15.0 Å². The Morgan fingerprint density at radius 2 is 2.00 bits per heavy atom. The molecule has 0 spiro atoms. The molecule has 7 nitrogen and oxygen atoms in total. The van der Waals surface area contributed by atoms with Gasteiger partial charge in [-0.05, 0) is 19.1 Å². The predicted octanol–water partition coefficient (Wildman–Crippen LogP) is 3.39. The Kier molecular flexibility index (Phi) is 5.44. The number of benzene rings is 1. The van der Waals surface area contributed by atoms with Gasteiger partial charge in [-0.2, -0.15) is 0 Å². The van der Waals surface area contributed by atoms with Crippen molar-refractivity contribution in [2.45, 2.75) is 19.1 Å². The van der Waals surface area contributed by atoms with E-state index in [1.165, 1.54) is 18.6 Å². The van der Waals surface area contributed by atoms with Crippen molar-refractivity contribution in [3.8, 4) is 17.0 Å². The lowest BCUT2D eigenvalue weighted by molar-refractivity contribution is 0.00659. The summed E-state index contributed by atoms with van der Waals surface area (Å²) in [6, 6.07) is 2.30. The van der Waals surface area contributed by atoms with Crippen molar-refractivity contribution in [3.05, 3.63) is 41.3 Å². The first-order valence-corrected chi connectivity index (χ1v) is 9.28. The van der Waals surface area contributed by atoms with E-state index >= 15 is 0 Å². The molecular formula is C19H17ClF2N4O3. The van der Waals surface area contributed by atoms with Crippen LogP contribution in [0.1, 0.15) is 6.92 Å². The third kappa shape index (κ3) is 3.57. The van der Waals surface area contributed by atoms with Crippen molar-refractivity contribution >= 4 is 28.3 Å². The highest BCUT2D eigenvalue weighted by molar-refractivity contribution is 6.31. The van der Waals surface area contributed by atoms with E-state index in [4.69, 9.17) is 31.5 Å². The monoisotopic (exact) mass is 422 g/mol. The summed E-state index contributed by atoms with van der Waals surface area (Å²) >= 11 is 5.72. The highest BCUT2D eigenvalue weighted by Gasteiger charge is 2.32. The molecule has 0 radical (unpaired) electrons. The second-order valence-corrected chi connectivity index (χ2v) is 6.74. The van der Waals surface area contributed by atoms with Gasteiger partial charge in [-0.3, -0.25) is 0 Å². The van der Waals surface area contributed by atoms with Crippen LogP contribution in [0, 0.1) is 11.6 Å². The summed E-state index contributed by atoms with van der Waals surface area (Å²) in [5.41, 5.74) is 6.45. The number of ether oxygens (including phenoxy) is 3. The molecule has 10 heteroatoms. The lowest BCUT2D eigenvalue weighted by atomic mass is 10.1. The summed E-state index contributed by atoms with van der Waals surface area (Å²) in [6.07, 6.45) is 2.02. The molecule has 152 valence electrons. The lowest BCUT2D eigenvalue weighted by Gasteiger charge is -2.20. The van der Waals surface area contributed by atoms with Gasteiger partial charge in [0.2, 0.25) is 0 Å². The van der Waals surface area contributed by atoms with Gasteiger partial charge in [0.05, 0.1) is 30.5 Å². The number of halogens is 3. The number of nitrogens with zero attached hydrogens (tertiary/aromatic N) is 3. The fourth-order valence-electron chi connectivity index (χ4n) is 3.22. The molecule has 0 saturated carbocycles. The summed E-state index contributed by atoms with van der Waals surface area (Å²) < 4.78 is 45.3. The van der Waals surface area contributed by atoms with Gasteiger partial charge in [-0.25, -0.2) is 23.7 Å². The second kappa shape index (κ2) is 8.02. The van der Waals surface area contributed by atoms with Crippen LogP contribution >= 0.6 is 11.6 Å². The fourth-order valence-corrected chi connectivity index (χ4v) is 3.39. The summed E-state index contributed by atoms with van der Waals surface area (Å²) in [5.74, 6) is -1.36. The number of fused-ring (bicyclic) bond motifs is 1. The standard InChI is InChI=1S/C19H17ClF2N4O3/c1-2-28-12-6-27-7-13(12)29-11-5-24-17(18-14(11)19(23)26-8-25-18)9-3-4-10(21)15(20)16(9)22/h3-5,8,12-13H,2,6-7H2,1H3,(H2,23,25,26)/t12-,13+/m1/s1. The quantitative estimate of drug-likeness (QED) is 0.630. The van der Waals surface area contributed by atoms with Crippen LogP contribution in [-0.2, 0) is 9.47 Å². The SMILES string of the molecule is CCO[C@@H]1COC[C@@H]1Oc1cnc(-c2ccc(F)c(Cl)c2F)c2ncnc(N)c12. The van der Waals surface area contributed by atoms with Crippen LogP contribution < -0.4 is 10.5 Å². The molecule has 1 saturated heterocycles. The number of nitrogen functional groups attached to an aromatic ring is 1. The molecule has 3 aromatic rings. The number of hydrogen-bond donors (Lipinski definition) is 1. The zero-order valence-corrected chi connectivity index (χ0v) is 16.1. The van der Waals surface area contributed by atoms with E-state index in [-0.39, 0.29) is 34.8 Å². The number of rotatable bonds is 5. The van der Waals surface area contributed by atoms with Crippen molar-refractivity contribution in [2.24, 2.45) is 0 Å². The number of hydrogen-bond acceptors (Lipinski definition) is 7. The average Bonchev–Trinajstić information content (AvgIpc) is 3.14. The molecule has 0 aliphatic carbocycles. The molecule has 0 unspecified atom stereocenters. The van der Waals surface area contributed by atoms with Gasteiger partial charge < -0.3 is 19.9 Å². The largest absolute Gasteiger partial charge is 0.483 e. The molecule has 4 rings (SSSR count). The van der Waals surface area contributed by atoms with Crippen LogP contribution in [0.15, 0.2) is 24.7 Å². The van der Waals surface area contributed by atoms with E-state index in [0.29, 0.717) is 31.0 Å². The number of pyridine rings is 1. The predicted molar refractivity (Wildman–Crippen MR) is 103 cm³/mol. The maximum Gasteiger partial charge on any atom is 0.154 e. The van der Waals surface area contributed by atoms with Crippen molar-refractivity contribution < 1.29 is 23.0 Å². The fraction of sp³-hybridized carbons (Fsp3) is 0.316. The first-order valence-electron chi connectivity index (χ1n) is 8.90. The molecular weight excluding hydrogens is 406 g/mol. The molecule has 2 N–H and O–H groups in total. The van der Waals surface area contributed by atoms with Crippen LogP contribution in [-0.4, -0.2) is 47.0 Å². The van der Waals surface area contributed by atoms with Gasteiger partial charge in [-0.15, -0.1) is 0 Å². The van der Waals surface area contributed by atoms with E-state index in [1.807, 2.05) is 6.92 Å². The average molecular weight is 423 g/mol. The van der Waals surface area contributed by atoms with Crippen LogP contribution in [0.4, 0.5) is 14.6 Å². The summed E-state index contributed by atoms with van der Waals surface area (Å²) in [5, 5.41) is -0.262. The van der Waals surface area contributed by atoms with Crippen LogP contribution in [0.3, 0.4) is 0 Å². The number of aromatic nitrogens is 3. The molecule has 1 fully saturated rings. The maximum absolute atomic E-state index is 14.6. The minimum atomic E-state index is -0.938. The van der Waals surface area contributed by atoms with Gasteiger partial charge >= 0.3 is 0 Å². The summed E-state index contributed by atoms with van der Waals surface area (Å²) in [7, 11) is 0. The zero-order chi connectivity index (χ0) is 20.5. The van der Waals surface area contributed by atoms with Crippen molar-refractivity contribution in [3.63, 3.8) is 0 Å². The van der Waals surface area contributed by atoms with E-state index in [1.54, 1.807) is 0 Å². The number of nitrogens with two attached hydrogens (primary N) is 1. The van der Waals surface area contributed by atoms with Crippen molar-refractivity contribution in [2.75, 3.05) is 25.6 Å². The molecule has 2 atom stereocenters. The minimum Gasteiger partial charge on any atom is -0.483 e. The lowest BCUT2D eigenvalue weighted by Crippen LogP contribution is -2.32. The Morgan fingerprint density at radius 3 is 2.79 bits per heavy atom. The molecule has 0 bridgehead atoms. The molecule has 29 heavy (non-hydrogen) atoms. The normalized spacial score (nSPS) is 19.0. The zero-order valence-electron chi connectivity index (χ0n) is 15.4. The first kappa shape index (κ1) is 19.7. The van der Waals surface area contributed by atoms with Gasteiger partial charge in [0, 0.05) is 12.2 Å². The van der Waals surface area contributed by atoms with Crippen molar-refractivity contribution in [1.29, 1.82) is 0 Å². The summed E-state index contributed by atoms with van der Waals surface area (Å²) in [4.78, 5) is 12.5. The maximum atomic E-state index is 14.6. The Morgan fingerprint density at radius 1 is 1.21 bits per heavy atom. The molecule has 1 aliphatic rings. The van der Waals surface area contributed by atoms with Gasteiger partial charge in [0.15, 0.2) is 17.7 Å².